The first-order valence-electron chi connectivity index (χ1n) is 5.94. The molecular formula is C13H21ClN2O2. The Morgan fingerprint density at radius 1 is 1.33 bits per heavy atom. The second kappa shape index (κ2) is 9.74. The van der Waals surface area contributed by atoms with Crippen molar-refractivity contribution in [2.24, 2.45) is 0 Å². The Balaban J connectivity index is 0.00000289. The summed E-state index contributed by atoms with van der Waals surface area (Å²) in [5, 5.41) is 5.88. The third-order valence-electron chi connectivity index (χ3n) is 2.29. The van der Waals surface area contributed by atoms with E-state index in [1.807, 2.05) is 38.2 Å². The number of para-hydroxylation sites is 2. The van der Waals surface area contributed by atoms with E-state index in [2.05, 4.69) is 10.6 Å². The van der Waals surface area contributed by atoms with Crippen molar-refractivity contribution in [3.63, 3.8) is 0 Å². The van der Waals surface area contributed by atoms with Gasteiger partial charge in [-0.2, -0.15) is 0 Å². The Kier molecular flexibility index (Phi) is 9.06. The molecule has 4 nitrogen and oxygen atoms in total. The zero-order chi connectivity index (χ0) is 12.5. The Morgan fingerprint density at radius 3 is 2.72 bits per heavy atom. The molecule has 0 aliphatic heterocycles. The molecule has 1 aromatic rings. The minimum atomic E-state index is 0. The first-order chi connectivity index (χ1) is 8.27. The predicted molar refractivity (Wildman–Crippen MR) is 76.6 cm³/mol. The third-order valence-corrected chi connectivity index (χ3v) is 2.29. The molecule has 0 saturated carbocycles. The Bertz CT molecular complexity index is 359. The second-order valence-electron chi connectivity index (χ2n) is 3.68. The van der Waals surface area contributed by atoms with Crippen LogP contribution in [0, 0.1) is 0 Å². The highest BCUT2D eigenvalue weighted by Gasteiger charge is 2.06. The maximum atomic E-state index is 11.6. The van der Waals surface area contributed by atoms with Gasteiger partial charge in [0.15, 0.2) is 0 Å². The van der Waals surface area contributed by atoms with Crippen LogP contribution in [0.1, 0.15) is 19.8 Å². The molecule has 0 bridgehead atoms. The SMILES string of the molecule is CCOc1ccccc1NC(=O)CCCNC.Cl. The molecule has 0 atom stereocenters. The summed E-state index contributed by atoms with van der Waals surface area (Å²) in [7, 11) is 1.88. The summed E-state index contributed by atoms with van der Waals surface area (Å²) in [6.45, 7) is 3.36. The van der Waals surface area contributed by atoms with Crippen molar-refractivity contribution in [3.8, 4) is 5.75 Å². The lowest BCUT2D eigenvalue weighted by Gasteiger charge is -2.11. The third kappa shape index (κ3) is 5.89. The van der Waals surface area contributed by atoms with Crippen molar-refractivity contribution in [3.05, 3.63) is 24.3 Å². The van der Waals surface area contributed by atoms with Crippen LogP contribution in [0.2, 0.25) is 0 Å². The van der Waals surface area contributed by atoms with E-state index < -0.39 is 0 Å². The Labute approximate surface area is 115 Å². The average molecular weight is 273 g/mol. The van der Waals surface area contributed by atoms with Crippen LogP contribution in [0.3, 0.4) is 0 Å². The lowest BCUT2D eigenvalue weighted by atomic mass is 10.2. The van der Waals surface area contributed by atoms with E-state index in [1.165, 1.54) is 0 Å². The molecule has 102 valence electrons. The smallest absolute Gasteiger partial charge is 0.224 e. The first-order valence-corrected chi connectivity index (χ1v) is 5.94. The summed E-state index contributed by atoms with van der Waals surface area (Å²) in [4.78, 5) is 11.6. The molecule has 0 unspecified atom stereocenters. The van der Waals surface area contributed by atoms with Crippen molar-refractivity contribution >= 4 is 24.0 Å². The Hall–Kier alpha value is -1.26. The van der Waals surface area contributed by atoms with Crippen LogP contribution in [-0.2, 0) is 4.79 Å². The van der Waals surface area contributed by atoms with Gasteiger partial charge in [-0.15, -0.1) is 12.4 Å². The van der Waals surface area contributed by atoms with E-state index in [0.29, 0.717) is 13.0 Å². The molecule has 0 aromatic heterocycles. The van der Waals surface area contributed by atoms with Gasteiger partial charge in [-0.3, -0.25) is 4.79 Å². The number of benzene rings is 1. The number of ether oxygens (including phenoxy) is 1. The number of carbonyl (C=O) groups excluding carboxylic acids is 1. The normalized spacial score (nSPS) is 9.44. The fourth-order valence-corrected chi connectivity index (χ4v) is 1.49. The highest BCUT2D eigenvalue weighted by Crippen LogP contribution is 2.23. The summed E-state index contributed by atoms with van der Waals surface area (Å²) in [6, 6.07) is 7.47. The van der Waals surface area contributed by atoms with Gasteiger partial charge in [-0.25, -0.2) is 0 Å². The molecular weight excluding hydrogens is 252 g/mol. The molecule has 1 rings (SSSR count). The zero-order valence-electron chi connectivity index (χ0n) is 10.9. The van der Waals surface area contributed by atoms with Crippen LogP contribution in [0.25, 0.3) is 0 Å². The molecule has 0 aliphatic carbocycles. The minimum Gasteiger partial charge on any atom is -0.492 e. The molecule has 0 aliphatic rings. The number of hydrogen-bond acceptors (Lipinski definition) is 3. The summed E-state index contributed by atoms with van der Waals surface area (Å²) >= 11 is 0. The van der Waals surface area contributed by atoms with Gasteiger partial charge in [0.25, 0.3) is 0 Å². The standard InChI is InChI=1S/C13H20N2O2.ClH/c1-3-17-12-8-5-4-7-11(12)15-13(16)9-6-10-14-2;/h4-5,7-8,14H,3,6,9-10H2,1-2H3,(H,15,16);1H. The van der Waals surface area contributed by atoms with Crippen molar-refractivity contribution in [2.75, 3.05) is 25.5 Å². The average Bonchev–Trinajstić information content (AvgIpc) is 2.32. The molecule has 5 heteroatoms. The van der Waals surface area contributed by atoms with Crippen molar-refractivity contribution in [2.45, 2.75) is 19.8 Å². The summed E-state index contributed by atoms with van der Waals surface area (Å²) in [6.07, 6.45) is 1.35. The van der Waals surface area contributed by atoms with Gasteiger partial charge in [0.05, 0.1) is 12.3 Å². The van der Waals surface area contributed by atoms with Crippen LogP contribution in [0.15, 0.2) is 24.3 Å². The number of hydrogen-bond donors (Lipinski definition) is 2. The maximum Gasteiger partial charge on any atom is 0.224 e. The fourth-order valence-electron chi connectivity index (χ4n) is 1.49. The Morgan fingerprint density at radius 2 is 2.06 bits per heavy atom. The lowest BCUT2D eigenvalue weighted by molar-refractivity contribution is -0.116. The zero-order valence-corrected chi connectivity index (χ0v) is 11.7. The monoisotopic (exact) mass is 272 g/mol. The molecule has 2 N–H and O–H groups in total. The van der Waals surface area contributed by atoms with Crippen LogP contribution in [-0.4, -0.2) is 26.1 Å². The van der Waals surface area contributed by atoms with E-state index in [-0.39, 0.29) is 18.3 Å². The molecule has 18 heavy (non-hydrogen) atoms. The molecule has 1 amide bonds. The lowest BCUT2D eigenvalue weighted by Crippen LogP contribution is -2.15. The van der Waals surface area contributed by atoms with Crippen molar-refractivity contribution in [1.82, 2.24) is 5.32 Å². The van der Waals surface area contributed by atoms with Crippen LogP contribution in [0.5, 0.6) is 5.75 Å². The largest absolute Gasteiger partial charge is 0.492 e. The number of carbonyl (C=O) groups is 1. The number of anilines is 1. The summed E-state index contributed by atoms with van der Waals surface area (Å²) < 4.78 is 5.44. The van der Waals surface area contributed by atoms with Crippen LogP contribution < -0.4 is 15.4 Å². The molecule has 0 fully saturated rings. The maximum absolute atomic E-state index is 11.6. The van der Waals surface area contributed by atoms with Crippen molar-refractivity contribution < 1.29 is 9.53 Å². The van der Waals surface area contributed by atoms with E-state index in [0.717, 1.165) is 24.4 Å². The van der Waals surface area contributed by atoms with Gasteiger partial charge in [0.1, 0.15) is 5.75 Å². The van der Waals surface area contributed by atoms with E-state index in [9.17, 15) is 4.79 Å². The molecule has 0 spiro atoms. The minimum absolute atomic E-state index is 0. The number of amides is 1. The summed E-state index contributed by atoms with van der Waals surface area (Å²) in [5.41, 5.74) is 0.740. The van der Waals surface area contributed by atoms with Crippen LogP contribution >= 0.6 is 12.4 Å². The molecule has 1 aromatic carbocycles. The van der Waals surface area contributed by atoms with Gasteiger partial charge in [-0.1, -0.05) is 12.1 Å². The molecule has 0 saturated heterocycles. The number of rotatable bonds is 7. The highest BCUT2D eigenvalue weighted by molar-refractivity contribution is 5.92. The van der Waals surface area contributed by atoms with Crippen molar-refractivity contribution in [1.29, 1.82) is 0 Å². The highest BCUT2D eigenvalue weighted by atomic mass is 35.5. The predicted octanol–water partition coefficient (Wildman–Crippen LogP) is 2.45. The van der Waals surface area contributed by atoms with Gasteiger partial charge in [0, 0.05) is 6.42 Å². The number of halogens is 1. The van der Waals surface area contributed by atoms with E-state index in [1.54, 1.807) is 0 Å². The summed E-state index contributed by atoms with van der Waals surface area (Å²) in [5.74, 6) is 0.740. The quantitative estimate of drug-likeness (QED) is 0.750. The topological polar surface area (TPSA) is 50.4 Å². The number of nitrogens with one attached hydrogen (secondary N) is 2. The van der Waals surface area contributed by atoms with Gasteiger partial charge >= 0.3 is 0 Å². The van der Waals surface area contributed by atoms with Crippen LogP contribution in [0.4, 0.5) is 5.69 Å². The molecule has 0 radical (unpaired) electrons. The van der Waals surface area contributed by atoms with E-state index >= 15 is 0 Å². The van der Waals surface area contributed by atoms with E-state index in [4.69, 9.17) is 4.74 Å². The van der Waals surface area contributed by atoms with Gasteiger partial charge < -0.3 is 15.4 Å². The second-order valence-corrected chi connectivity index (χ2v) is 3.68. The molecule has 0 heterocycles. The first kappa shape index (κ1) is 16.7. The van der Waals surface area contributed by atoms with Gasteiger partial charge in [0.2, 0.25) is 5.91 Å². The van der Waals surface area contributed by atoms with Gasteiger partial charge in [-0.05, 0) is 39.1 Å². The fraction of sp³-hybridized carbons (Fsp3) is 0.462.